The van der Waals surface area contributed by atoms with Crippen LogP contribution in [0.4, 0.5) is 9.18 Å². The molecule has 1 unspecified atom stereocenters. The van der Waals surface area contributed by atoms with Gasteiger partial charge in [-0.1, -0.05) is 30.7 Å². The van der Waals surface area contributed by atoms with E-state index in [2.05, 4.69) is 4.84 Å². The number of Topliss-reactive ketones (excluding diaryl/α,β-unsaturated/α-hetero) is 1. The first-order chi connectivity index (χ1) is 23.4. The number of esters is 1. The molecule has 3 fully saturated rings. The van der Waals surface area contributed by atoms with Crippen LogP contribution in [0.15, 0.2) is 48.1 Å². The molecule has 3 saturated carbocycles. The number of fused-ring (bicyclic) bond motifs is 5. The Morgan fingerprint density at radius 1 is 1.06 bits per heavy atom. The Labute approximate surface area is 284 Å². The van der Waals surface area contributed by atoms with E-state index in [0.717, 1.165) is 0 Å². The number of alkyl carbamates (subject to hydrolysis) is 1. The van der Waals surface area contributed by atoms with Crippen LogP contribution < -0.4 is 5.32 Å². The second-order valence-corrected chi connectivity index (χ2v) is 13.6. The third-order valence-corrected chi connectivity index (χ3v) is 11.1. The summed E-state index contributed by atoms with van der Waals surface area (Å²) in [6.07, 6.45) is -0.905. The molecule has 272 valence electrons. The van der Waals surface area contributed by atoms with Crippen molar-refractivity contribution in [2.45, 2.75) is 75.7 Å². The molecule has 0 aromatic heterocycles. The fraction of sp³-hybridized carbons (Fsp3) is 0.545. The van der Waals surface area contributed by atoms with Crippen molar-refractivity contribution in [1.29, 1.82) is 0 Å². The summed E-state index contributed by atoms with van der Waals surface area (Å²) in [5, 5.41) is 62.5. The van der Waals surface area contributed by atoms with Gasteiger partial charge in [-0.25, -0.2) is 23.6 Å². The van der Waals surface area contributed by atoms with Gasteiger partial charge >= 0.3 is 18.0 Å². The third-order valence-electron chi connectivity index (χ3n) is 11.1. The summed E-state index contributed by atoms with van der Waals surface area (Å²) in [5.74, 6) is -5.72. The zero-order chi connectivity index (χ0) is 36.8. The molecule has 16 nitrogen and oxygen atoms in total. The van der Waals surface area contributed by atoms with Gasteiger partial charge in [0.2, 0.25) is 5.78 Å². The second-order valence-electron chi connectivity index (χ2n) is 13.6. The van der Waals surface area contributed by atoms with Crippen molar-refractivity contribution in [3.8, 4) is 0 Å². The number of aliphatic hydroxyl groups excluding tert-OH is 2. The third kappa shape index (κ3) is 6.12. The molecule has 0 spiro atoms. The molecule has 17 heteroatoms. The van der Waals surface area contributed by atoms with Gasteiger partial charge in [0.25, 0.3) is 0 Å². The van der Waals surface area contributed by atoms with Gasteiger partial charge < -0.3 is 35.2 Å². The van der Waals surface area contributed by atoms with Crippen LogP contribution in [0.5, 0.6) is 0 Å². The van der Waals surface area contributed by atoms with Crippen molar-refractivity contribution < 1.29 is 73.5 Å². The molecule has 0 bridgehead atoms. The van der Waals surface area contributed by atoms with Crippen molar-refractivity contribution in [2.24, 2.45) is 22.7 Å². The number of nitrogens with one attached hydrogen (secondary N) is 1. The lowest BCUT2D eigenvalue weighted by Crippen LogP contribution is -2.69. The number of carbonyl (C=O) groups excluding carboxylic acids is 4. The van der Waals surface area contributed by atoms with Crippen molar-refractivity contribution in [3.63, 3.8) is 0 Å². The lowest BCUT2D eigenvalue weighted by molar-refractivity contribution is -0.497. The van der Waals surface area contributed by atoms with Crippen LogP contribution in [-0.4, -0.2) is 109 Å². The highest BCUT2D eigenvalue weighted by Gasteiger charge is 2.76. The molecular formula is C33H39FN2O14. The molecular weight excluding hydrogens is 667 g/mol. The molecule has 0 radical (unpaired) electrons. The fourth-order valence-electron chi connectivity index (χ4n) is 8.44. The normalized spacial score (nSPS) is 34.9. The average molecular weight is 707 g/mol. The summed E-state index contributed by atoms with van der Waals surface area (Å²) in [4.78, 5) is 66.7. The Balaban J connectivity index is 1.21. The number of aliphatic hydroxyl groups is 3. The summed E-state index contributed by atoms with van der Waals surface area (Å²) < 4.78 is 27.2. The average Bonchev–Trinajstić information content (AvgIpc) is 3.26. The number of ether oxygens (including phenoxy) is 2. The van der Waals surface area contributed by atoms with Crippen molar-refractivity contribution in [3.05, 3.63) is 59.2 Å². The Morgan fingerprint density at radius 2 is 1.74 bits per heavy atom. The minimum Gasteiger partial charge on any atom is -0.480 e. The van der Waals surface area contributed by atoms with E-state index in [4.69, 9.17) is 19.9 Å². The quantitative estimate of drug-likeness (QED) is 0.126. The number of ketones is 2. The summed E-state index contributed by atoms with van der Waals surface area (Å²) in [6.45, 7) is 0.856. The standard InChI is InChI=1S/C33H39FN2O14/c1-30-10-9-20(37)11-19(30)7-8-21-22-12-24(38)33(45,31(22,2)13-25(39)32(21,30)34)26(40)16-49-29(44)35-23(27(41)42)15-48-28(43)18-5-3-17(4-6-18)14-50-36(46)47/h3-6,9-11,21-25,38-39,45-47H,7-8,12-16H2,1-2H3,(H,35,44)(H,41,42)/t21-,22-,23?,24+,25-,30-,31-,32-,33-/m0/s1. The van der Waals surface area contributed by atoms with Crippen molar-refractivity contribution in [2.75, 3.05) is 13.2 Å². The topological polar surface area (TPSA) is 250 Å². The fourth-order valence-corrected chi connectivity index (χ4v) is 8.44. The molecule has 0 saturated heterocycles. The van der Waals surface area contributed by atoms with Crippen LogP contribution >= 0.6 is 0 Å². The smallest absolute Gasteiger partial charge is 0.408 e. The minimum atomic E-state index is -2.57. The Kier molecular flexibility index (Phi) is 10.1. The van der Waals surface area contributed by atoms with E-state index in [1.54, 1.807) is 6.92 Å². The van der Waals surface area contributed by atoms with Gasteiger partial charge in [-0.3, -0.25) is 20.0 Å². The van der Waals surface area contributed by atoms with Crippen LogP contribution in [-0.2, 0) is 35.3 Å². The van der Waals surface area contributed by atoms with Crippen LogP contribution in [0.2, 0.25) is 0 Å². The van der Waals surface area contributed by atoms with E-state index < -0.39 is 101 Å². The van der Waals surface area contributed by atoms with Crippen LogP contribution in [0.3, 0.4) is 0 Å². The first-order valence-electron chi connectivity index (χ1n) is 15.9. The largest absolute Gasteiger partial charge is 0.480 e. The zero-order valence-electron chi connectivity index (χ0n) is 27.2. The highest BCUT2D eigenvalue weighted by atomic mass is 19.1. The number of carbonyl (C=O) groups is 5. The number of halogens is 1. The number of hydrogen-bond acceptors (Lipinski definition) is 14. The van der Waals surface area contributed by atoms with Gasteiger partial charge in [-0.2, -0.15) is 0 Å². The summed E-state index contributed by atoms with van der Waals surface area (Å²) in [5.41, 5.74) is -6.77. The number of benzene rings is 1. The Morgan fingerprint density at radius 3 is 2.38 bits per heavy atom. The van der Waals surface area contributed by atoms with Gasteiger partial charge in [0, 0.05) is 16.7 Å². The minimum absolute atomic E-state index is 0.00606. The van der Waals surface area contributed by atoms with Gasteiger partial charge in [0.1, 0.15) is 6.61 Å². The molecule has 1 amide bonds. The predicted octanol–water partition coefficient (Wildman–Crippen LogP) is 1.18. The highest BCUT2D eigenvalue weighted by molar-refractivity contribution is 6.01. The number of hydrogen-bond donors (Lipinski definition) is 7. The predicted molar refractivity (Wildman–Crippen MR) is 163 cm³/mol. The van der Waals surface area contributed by atoms with Crippen molar-refractivity contribution >= 4 is 29.6 Å². The maximum Gasteiger partial charge on any atom is 0.408 e. The van der Waals surface area contributed by atoms with E-state index in [-0.39, 0.29) is 30.8 Å². The Hall–Kier alpha value is -4.10. The number of nitrogens with zero attached hydrogens (tertiary/aromatic N) is 1. The molecule has 0 heterocycles. The Bertz CT molecular complexity index is 1620. The lowest BCUT2D eigenvalue weighted by Gasteiger charge is -2.62. The van der Waals surface area contributed by atoms with E-state index in [1.807, 2.05) is 5.32 Å². The molecule has 4 aliphatic carbocycles. The molecule has 50 heavy (non-hydrogen) atoms. The van der Waals surface area contributed by atoms with Crippen LogP contribution in [0.25, 0.3) is 0 Å². The van der Waals surface area contributed by atoms with Crippen LogP contribution in [0.1, 0.15) is 55.5 Å². The molecule has 4 aliphatic rings. The van der Waals surface area contributed by atoms with E-state index in [1.165, 1.54) is 49.4 Å². The van der Waals surface area contributed by atoms with Gasteiger partial charge in [0.05, 0.1) is 29.8 Å². The molecule has 1 aromatic rings. The van der Waals surface area contributed by atoms with Crippen molar-refractivity contribution in [1.82, 2.24) is 10.7 Å². The number of rotatable bonds is 11. The molecule has 0 aliphatic heterocycles. The van der Waals surface area contributed by atoms with Gasteiger partial charge in [-0.15, -0.1) is 0 Å². The van der Waals surface area contributed by atoms with Gasteiger partial charge in [-0.05, 0) is 68.4 Å². The summed E-state index contributed by atoms with van der Waals surface area (Å²) in [7, 11) is 0. The van der Waals surface area contributed by atoms with E-state index in [9.17, 15) is 44.4 Å². The van der Waals surface area contributed by atoms with Crippen LogP contribution in [0, 0.1) is 22.7 Å². The monoisotopic (exact) mass is 706 g/mol. The number of amides is 1. The summed E-state index contributed by atoms with van der Waals surface area (Å²) >= 11 is 0. The maximum absolute atomic E-state index is 17.3. The van der Waals surface area contributed by atoms with E-state index in [0.29, 0.717) is 17.6 Å². The van der Waals surface area contributed by atoms with Gasteiger partial charge in [0.15, 0.2) is 29.7 Å². The number of carboxylic acids is 1. The first-order valence-corrected chi connectivity index (χ1v) is 15.9. The van der Waals surface area contributed by atoms with E-state index >= 15 is 4.39 Å². The molecule has 7 N–H and O–H groups in total. The number of alkyl halides is 1. The maximum atomic E-state index is 17.3. The zero-order valence-corrected chi connectivity index (χ0v) is 27.2. The molecule has 9 atom stereocenters. The highest BCUT2D eigenvalue weighted by Crippen LogP contribution is 2.69. The molecule has 1 aromatic carbocycles. The lowest BCUT2D eigenvalue weighted by atomic mass is 9.44. The first kappa shape index (κ1) is 37.2. The number of aliphatic carboxylic acids is 1. The summed E-state index contributed by atoms with van der Waals surface area (Å²) in [6, 6.07) is 3.58. The number of allylic oxidation sites excluding steroid dienone is 4. The second kappa shape index (κ2) is 13.6. The SMILES string of the molecule is C[C@]12C=CC(=O)C=C1CC[C@H]1[C@@H]3C[C@@H](O)[C@](O)(C(=O)COC(=O)NC(COC(=O)c4ccc(CON(O)O)cc4)C(=O)O)[C@@]3(C)C[C@H](O)[C@@]12F. The number of carboxylic acid groups (broad SMARTS) is 1. The molecule has 5 rings (SSSR count).